The Labute approximate surface area is 151 Å². The molecular formula is C20H19N5O. The second-order valence-corrected chi connectivity index (χ2v) is 6.03. The molecule has 6 heteroatoms. The lowest BCUT2D eigenvalue weighted by Gasteiger charge is -2.09. The van der Waals surface area contributed by atoms with Gasteiger partial charge in [0.2, 0.25) is 0 Å². The van der Waals surface area contributed by atoms with E-state index in [2.05, 4.69) is 38.7 Å². The van der Waals surface area contributed by atoms with Crippen molar-refractivity contribution in [3.05, 3.63) is 66.4 Å². The molecule has 6 nitrogen and oxygen atoms in total. The first-order valence-electron chi connectivity index (χ1n) is 8.33. The molecule has 0 aliphatic heterocycles. The topological polar surface area (TPSA) is 64.9 Å². The molecule has 4 rings (SSSR count). The van der Waals surface area contributed by atoms with Crippen molar-refractivity contribution in [1.29, 1.82) is 0 Å². The average molecular weight is 345 g/mol. The minimum absolute atomic E-state index is 0.781. The fourth-order valence-electron chi connectivity index (χ4n) is 3.11. The number of aromatic nitrogens is 4. The number of nitrogens with zero attached hydrogens (tertiary/aromatic N) is 4. The first-order chi connectivity index (χ1) is 12.7. The highest BCUT2D eigenvalue weighted by atomic mass is 16.5. The zero-order valence-corrected chi connectivity index (χ0v) is 14.9. The van der Waals surface area contributed by atoms with Crippen LogP contribution in [0.4, 0.5) is 11.5 Å². The maximum absolute atomic E-state index is 5.21. The van der Waals surface area contributed by atoms with Gasteiger partial charge in [0.15, 0.2) is 5.65 Å². The molecule has 0 saturated carbocycles. The summed E-state index contributed by atoms with van der Waals surface area (Å²) in [7, 11) is 1.66. The number of aryl methyl sites for hydroxylation is 1. The zero-order chi connectivity index (χ0) is 18.1. The molecule has 0 bridgehead atoms. The van der Waals surface area contributed by atoms with Gasteiger partial charge in [0.1, 0.15) is 17.9 Å². The van der Waals surface area contributed by atoms with E-state index in [0.29, 0.717) is 0 Å². The summed E-state index contributed by atoms with van der Waals surface area (Å²) < 4.78 is 7.32. The second kappa shape index (κ2) is 6.48. The monoisotopic (exact) mass is 345 g/mol. The van der Waals surface area contributed by atoms with Crippen LogP contribution in [0.1, 0.15) is 11.3 Å². The van der Waals surface area contributed by atoms with Crippen molar-refractivity contribution < 1.29 is 4.74 Å². The molecule has 1 N–H and O–H groups in total. The number of rotatable bonds is 4. The summed E-state index contributed by atoms with van der Waals surface area (Å²) in [6, 6.07) is 11.7. The molecule has 26 heavy (non-hydrogen) atoms. The van der Waals surface area contributed by atoms with Gasteiger partial charge in [-0.15, -0.1) is 0 Å². The van der Waals surface area contributed by atoms with E-state index >= 15 is 0 Å². The van der Waals surface area contributed by atoms with Gasteiger partial charge >= 0.3 is 0 Å². The van der Waals surface area contributed by atoms with Gasteiger partial charge in [-0.05, 0) is 55.8 Å². The molecule has 0 amide bonds. The average Bonchev–Trinajstić information content (AvgIpc) is 2.94. The highest BCUT2D eigenvalue weighted by Crippen LogP contribution is 2.32. The lowest BCUT2D eigenvalue weighted by molar-refractivity contribution is 0.415. The van der Waals surface area contributed by atoms with Crippen molar-refractivity contribution in [2.75, 3.05) is 12.4 Å². The van der Waals surface area contributed by atoms with Gasteiger partial charge in [0.05, 0.1) is 24.4 Å². The van der Waals surface area contributed by atoms with Gasteiger partial charge in [-0.1, -0.05) is 0 Å². The van der Waals surface area contributed by atoms with Crippen molar-refractivity contribution in [1.82, 2.24) is 19.5 Å². The van der Waals surface area contributed by atoms with Gasteiger partial charge in [-0.3, -0.25) is 9.55 Å². The molecule has 0 fully saturated rings. The molecule has 0 spiro atoms. The fraction of sp³-hybridized carbons (Fsp3) is 0.150. The van der Waals surface area contributed by atoms with Crippen LogP contribution >= 0.6 is 0 Å². The normalized spacial score (nSPS) is 10.9. The number of anilines is 2. The molecule has 0 aliphatic rings. The van der Waals surface area contributed by atoms with Gasteiger partial charge in [-0.25, -0.2) is 9.97 Å². The number of pyridine rings is 1. The van der Waals surface area contributed by atoms with Crippen LogP contribution in [-0.2, 0) is 0 Å². The van der Waals surface area contributed by atoms with Gasteiger partial charge < -0.3 is 10.1 Å². The summed E-state index contributed by atoms with van der Waals surface area (Å²) in [6.07, 6.45) is 5.19. The largest absolute Gasteiger partial charge is 0.497 e. The molecule has 4 aromatic rings. The van der Waals surface area contributed by atoms with Crippen LogP contribution in [0.3, 0.4) is 0 Å². The van der Waals surface area contributed by atoms with Crippen LogP contribution < -0.4 is 10.1 Å². The predicted molar refractivity (Wildman–Crippen MR) is 102 cm³/mol. The van der Waals surface area contributed by atoms with E-state index < -0.39 is 0 Å². The van der Waals surface area contributed by atoms with Crippen molar-refractivity contribution in [3.63, 3.8) is 0 Å². The Morgan fingerprint density at radius 3 is 2.54 bits per heavy atom. The molecule has 3 heterocycles. The highest BCUT2D eigenvalue weighted by Gasteiger charge is 2.17. The van der Waals surface area contributed by atoms with E-state index in [1.807, 2.05) is 42.6 Å². The van der Waals surface area contributed by atoms with Crippen LogP contribution in [0.5, 0.6) is 5.75 Å². The molecule has 1 aromatic carbocycles. The summed E-state index contributed by atoms with van der Waals surface area (Å²) in [5, 5.41) is 4.40. The molecule has 0 radical (unpaired) electrons. The molecule has 0 aliphatic carbocycles. The van der Waals surface area contributed by atoms with Crippen molar-refractivity contribution in [3.8, 4) is 11.4 Å². The van der Waals surface area contributed by atoms with Crippen LogP contribution in [-0.4, -0.2) is 26.6 Å². The number of methoxy groups -OCH3 is 1. The number of fused-ring (bicyclic) bond motifs is 1. The van der Waals surface area contributed by atoms with Crippen molar-refractivity contribution in [2.24, 2.45) is 0 Å². The smallest absolute Gasteiger partial charge is 0.150 e. The minimum atomic E-state index is 0.781. The number of hydrogen-bond donors (Lipinski definition) is 1. The molecule has 0 saturated heterocycles. The Morgan fingerprint density at radius 1 is 1.04 bits per heavy atom. The van der Waals surface area contributed by atoms with Crippen molar-refractivity contribution >= 4 is 22.5 Å². The molecule has 3 aromatic heterocycles. The fourth-order valence-corrected chi connectivity index (χ4v) is 3.11. The van der Waals surface area contributed by atoms with Crippen LogP contribution in [0.25, 0.3) is 16.7 Å². The molecular weight excluding hydrogens is 326 g/mol. The van der Waals surface area contributed by atoms with Crippen LogP contribution in [0.15, 0.2) is 55.1 Å². The maximum atomic E-state index is 5.21. The zero-order valence-electron chi connectivity index (χ0n) is 14.9. The SMILES string of the molecule is COc1ccc(Nc2ncnc3c2c(C)c(C)n3-c2cccnc2)cc1. The number of ether oxygens (including phenoxy) is 1. The lowest BCUT2D eigenvalue weighted by atomic mass is 10.2. The summed E-state index contributed by atoms with van der Waals surface area (Å²) in [5.74, 6) is 1.60. The third-order valence-corrected chi connectivity index (χ3v) is 4.55. The lowest BCUT2D eigenvalue weighted by Crippen LogP contribution is -2.00. The van der Waals surface area contributed by atoms with Gasteiger partial charge in [0, 0.05) is 17.6 Å². The number of benzene rings is 1. The van der Waals surface area contributed by atoms with E-state index in [9.17, 15) is 0 Å². The van der Waals surface area contributed by atoms with Crippen LogP contribution in [0.2, 0.25) is 0 Å². The maximum Gasteiger partial charge on any atom is 0.150 e. The summed E-state index contributed by atoms with van der Waals surface area (Å²) in [4.78, 5) is 13.2. The Morgan fingerprint density at radius 2 is 1.85 bits per heavy atom. The molecule has 0 unspecified atom stereocenters. The van der Waals surface area contributed by atoms with Crippen molar-refractivity contribution in [2.45, 2.75) is 13.8 Å². The summed E-state index contributed by atoms with van der Waals surface area (Å²) in [6.45, 7) is 4.17. The summed E-state index contributed by atoms with van der Waals surface area (Å²) >= 11 is 0. The third kappa shape index (κ3) is 2.65. The Bertz CT molecular complexity index is 1060. The number of nitrogens with one attached hydrogen (secondary N) is 1. The minimum Gasteiger partial charge on any atom is -0.497 e. The first-order valence-corrected chi connectivity index (χ1v) is 8.33. The van der Waals surface area contributed by atoms with E-state index in [1.54, 1.807) is 19.6 Å². The van der Waals surface area contributed by atoms with Gasteiger partial charge in [-0.2, -0.15) is 0 Å². The quantitative estimate of drug-likeness (QED) is 0.601. The van der Waals surface area contributed by atoms with E-state index in [0.717, 1.165) is 45.2 Å². The second-order valence-electron chi connectivity index (χ2n) is 6.03. The van der Waals surface area contributed by atoms with E-state index in [-0.39, 0.29) is 0 Å². The standard InChI is InChI=1S/C20H19N5O/c1-13-14(2)25(16-5-4-10-21-11-16)20-18(13)19(22-12-23-20)24-15-6-8-17(26-3)9-7-15/h4-12H,1-3H3,(H,22,23,24). The first kappa shape index (κ1) is 16.1. The molecule has 0 atom stereocenters. The van der Waals surface area contributed by atoms with Crippen LogP contribution in [0, 0.1) is 13.8 Å². The Balaban J connectivity index is 1.84. The van der Waals surface area contributed by atoms with Gasteiger partial charge in [0.25, 0.3) is 0 Å². The number of hydrogen-bond acceptors (Lipinski definition) is 5. The summed E-state index contributed by atoms with van der Waals surface area (Å²) in [5.41, 5.74) is 5.04. The van der Waals surface area contributed by atoms with E-state index in [4.69, 9.17) is 4.74 Å². The Kier molecular flexibility index (Phi) is 4.01. The third-order valence-electron chi connectivity index (χ3n) is 4.55. The van der Waals surface area contributed by atoms with E-state index in [1.165, 1.54) is 0 Å². The highest BCUT2D eigenvalue weighted by molar-refractivity contribution is 5.94. The predicted octanol–water partition coefficient (Wildman–Crippen LogP) is 4.18. The Hall–Kier alpha value is -3.41. The molecule has 130 valence electrons.